The molecule has 0 atom stereocenters. The van der Waals surface area contributed by atoms with Gasteiger partial charge in [0.25, 0.3) is 0 Å². The van der Waals surface area contributed by atoms with Gasteiger partial charge in [0.2, 0.25) is 0 Å². The molecular formula is C11H23BrO2. The number of rotatable bonds is 11. The summed E-state index contributed by atoms with van der Waals surface area (Å²) in [6, 6.07) is 0. The Kier molecular flexibility index (Phi) is 13.8. The van der Waals surface area contributed by atoms with E-state index >= 15 is 0 Å². The maximum atomic E-state index is 5.27. The van der Waals surface area contributed by atoms with Crippen LogP contribution in [-0.2, 0) is 9.47 Å². The molecule has 0 heterocycles. The zero-order valence-electron chi connectivity index (χ0n) is 9.27. The van der Waals surface area contributed by atoms with Crippen molar-refractivity contribution in [2.75, 3.05) is 25.3 Å². The molecule has 0 aromatic rings. The molecule has 0 spiro atoms. The average Bonchev–Trinajstić information content (AvgIpc) is 2.21. The van der Waals surface area contributed by atoms with Crippen LogP contribution in [0.1, 0.15) is 45.4 Å². The molecule has 0 radical (unpaired) electrons. The van der Waals surface area contributed by atoms with Gasteiger partial charge in [-0.2, -0.15) is 0 Å². The van der Waals surface area contributed by atoms with E-state index in [1.165, 1.54) is 38.5 Å². The van der Waals surface area contributed by atoms with E-state index in [1.54, 1.807) is 0 Å². The Hall–Kier alpha value is 0.400. The fraction of sp³-hybridized carbons (Fsp3) is 1.00. The second kappa shape index (κ2) is 13.4. The normalized spacial score (nSPS) is 10.7. The van der Waals surface area contributed by atoms with Gasteiger partial charge in [0.15, 0.2) is 0 Å². The number of ether oxygens (including phenoxy) is 2. The van der Waals surface area contributed by atoms with E-state index in [4.69, 9.17) is 9.47 Å². The third-order valence-corrected chi connectivity index (χ3v) is 2.60. The second-order valence-corrected chi connectivity index (χ2v) is 4.12. The van der Waals surface area contributed by atoms with Gasteiger partial charge in [0, 0.05) is 18.5 Å². The quantitative estimate of drug-likeness (QED) is 0.322. The van der Waals surface area contributed by atoms with Gasteiger partial charge < -0.3 is 9.47 Å². The van der Waals surface area contributed by atoms with Crippen LogP contribution in [0.25, 0.3) is 0 Å². The van der Waals surface area contributed by atoms with Gasteiger partial charge in [0.1, 0.15) is 6.79 Å². The molecule has 0 saturated carbocycles. The summed E-state index contributed by atoms with van der Waals surface area (Å²) >= 11 is 3.43. The van der Waals surface area contributed by atoms with Crippen LogP contribution in [0.3, 0.4) is 0 Å². The van der Waals surface area contributed by atoms with Gasteiger partial charge in [-0.3, -0.25) is 0 Å². The van der Waals surface area contributed by atoms with Crippen molar-refractivity contribution in [3.63, 3.8) is 0 Å². The first-order valence-electron chi connectivity index (χ1n) is 5.63. The Morgan fingerprint density at radius 1 is 0.857 bits per heavy atom. The maximum absolute atomic E-state index is 5.27. The van der Waals surface area contributed by atoms with Crippen molar-refractivity contribution in [3.05, 3.63) is 0 Å². The van der Waals surface area contributed by atoms with E-state index < -0.39 is 0 Å². The van der Waals surface area contributed by atoms with E-state index in [-0.39, 0.29) is 0 Å². The zero-order valence-corrected chi connectivity index (χ0v) is 10.9. The molecule has 0 fully saturated rings. The molecule has 2 nitrogen and oxygen atoms in total. The summed E-state index contributed by atoms with van der Waals surface area (Å²) in [5.74, 6) is 0. The maximum Gasteiger partial charge on any atom is 0.146 e. The molecule has 0 N–H and O–H groups in total. The lowest BCUT2D eigenvalue weighted by Gasteiger charge is -2.03. The molecule has 0 unspecified atom stereocenters. The van der Waals surface area contributed by atoms with Gasteiger partial charge in [-0.1, -0.05) is 41.6 Å². The summed E-state index contributed by atoms with van der Waals surface area (Å²) in [5, 5.41) is 1.14. The number of halogens is 1. The monoisotopic (exact) mass is 266 g/mol. The van der Waals surface area contributed by atoms with E-state index in [9.17, 15) is 0 Å². The molecule has 0 rings (SSSR count). The lowest BCUT2D eigenvalue weighted by Crippen LogP contribution is -2.00. The molecule has 14 heavy (non-hydrogen) atoms. The van der Waals surface area contributed by atoms with Crippen LogP contribution < -0.4 is 0 Å². The summed E-state index contributed by atoms with van der Waals surface area (Å²) < 4.78 is 10.3. The second-order valence-electron chi connectivity index (χ2n) is 3.33. The lowest BCUT2D eigenvalue weighted by molar-refractivity contribution is -0.0502. The molecule has 0 saturated heterocycles. The van der Waals surface area contributed by atoms with Crippen LogP contribution in [-0.4, -0.2) is 25.3 Å². The highest BCUT2D eigenvalue weighted by Crippen LogP contribution is 2.06. The van der Waals surface area contributed by atoms with Crippen LogP contribution in [0.2, 0.25) is 0 Å². The Balaban J connectivity index is 2.78. The third-order valence-electron chi connectivity index (χ3n) is 2.04. The highest BCUT2D eigenvalue weighted by atomic mass is 79.9. The molecule has 3 heteroatoms. The van der Waals surface area contributed by atoms with Crippen molar-refractivity contribution < 1.29 is 9.47 Å². The van der Waals surface area contributed by atoms with Gasteiger partial charge in [-0.25, -0.2) is 0 Å². The van der Waals surface area contributed by atoms with E-state index in [2.05, 4.69) is 15.9 Å². The van der Waals surface area contributed by atoms with E-state index in [0.29, 0.717) is 6.79 Å². The van der Waals surface area contributed by atoms with Gasteiger partial charge >= 0.3 is 0 Å². The Bertz CT molecular complexity index is 87.3. The first kappa shape index (κ1) is 14.4. The number of unbranched alkanes of at least 4 members (excludes halogenated alkanes) is 5. The first-order chi connectivity index (χ1) is 6.91. The molecule has 0 aromatic carbocycles. The lowest BCUT2D eigenvalue weighted by atomic mass is 10.1. The van der Waals surface area contributed by atoms with Gasteiger partial charge in [-0.15, -0.1) is 0 Å². The minimum absolute atomic E-state index is 0.458. The molecule has 0 bridgehead atoms. The minimum Gasteiger partial charge on any atom is -0.356 e. The number of hydrogen-bond donors (Lipinski definition) is 0. The smallest absolute Gasteiger partial charge is 0.146 e. The molecule has 0 aliphatic carbocycles. The Labute approximate surface area is 96.5 Å². The summed E-state index contributed by atoms with van der Waals surface area (Å²) in [6.45, 7) is 4.03. The highest BCUT2D eigenvalue weighted by Gasteiger charge is 1.91. The van der Waals surface area contributed by atoms with E-state index in [0.717, 1.165) is 18.5 Å². The van der Waals surface area contributed by atoms with Crippen molar-refractivity contribution in [2.45, 2.75) is 45.4 Å². The molecule has 0 aliphatic rings. The van der Waals surface area contributed by atoms with Crippen LogP contribution in [0.5, 0.6) is 0 Å². The Morgan fingerprint density at radius 2 is 1.50 bits per heavy atom. The van der Waals surface area contributed by atoms with Crippen LogP contribution in [0.15, 0.2) is 0 Å². The third kappa shape index (κ3) is 12.4. The molecule has 0 amide bonds. The van der Waals surface area contributed by atoms with Crippen molar-refractivity contribution in [2.24, 2.45) is 0 Å². The number of hydrogen-bond acceptors (Lipinski definition) is 2. The minimum atomic E-state index is 0.458. The molecule has 86 valence electrons. The summed E-state index contributed by atoms with van der Waals surface area (Å²) in [5.41, 5.74) is 0. The van der Waals surface area contributed by atoms with Crippen LogP contribution >= 0.6 is 15.9 Å². The highest BCUT2D eigenvalue weighted by molar-refractivity contribution is 9.09. The fourth-order valence-corrected chi connectivity index (χ4v) is 1.60. The van der Waals surface area contributed by atoms with Crippen molar-refractivity contribution in [1.29, 1.82) is 0 Å². The number of alkyl halides is 1. The SMILES string of the molecule is CCOCOCCCCCCCCBr. The fourth-order valence-electron chi connectivity index (χ4n) is 1.21. The van der Waals surface area contributed by atoms with Crippen LogP contribution in [0, 0.1) is 0 Å². The summed E-state index contributed by atoms with van der Waals surface area (Å²) in [4.78, 5) is 0. The van der Waals surface area contributed by atoms with Crippen molar-refractivity contribution in [3.8, 4) is 0 Å². The molecule has 0 aromatic heterocycles. The topological polar surface area (TPSA) is 18.5 Å². The van der Waals surface area contributed by atoms with Crippen LogP contribution in [0.4, 0.5) is 0 Å². The summed E-state index contributed by atoms with van der Waals surface area (Å²) in [7, 11) is 0. The van der Waals surface area contributed by atoms with Crippen molar-refractivity contribution >= 4 is 15.9 Å². The summed E-state index contributed by atoms with van der Waals surface area (Å²) in [6.07, 6.45) is 7.81. The first-order valence-corrected chi connectivity index (χ1v) is 6.75. The van der Waals surface area contributed by atoms with Gasteiger partial charge in [-0.05, 0) is 19.8 Å². The molecular weight excluding hydrogens is 244 g/mol. The van der Waals surface area contributed by atoms with Gasteiger partial charge in [0.05, 0.1) is 0 Å². The average molecular weight is 267 g/mol. The Morgan fingerprint density at radius 3 is 2.14 bits per heavy atom. The van der Waals surface area contributed by atoms with E-state index in [1.807, 2.05) is 6.92 Å². The molecule has 0 aliphatic heterocycles. The van der Waals surface area contributed by atoms with Crippen molar-refractivity contribution in [1.82, 2.24) is 0 Å². The zero-order chi connectivity index (χ0) is 10.5. The standard InChI is InChI=1S/C11H23BrO2/c1-2-13-11-14-10-8-6-4-3-5-7-9-12/h2-11H2,1H3. The largest absolute Gasteiger partial charge is 0.356 e. The predicted molar refractivity (Wildman–Crippen MR) is 63.9 cm³/mol. The predicted octanol–water partition coefficient (Wildman–Crippen LogP) is 3.73.